The van der Waals surface area contributed by atoms with Gasteiger partial charge < -0.3 is 19.4 Å². The Morgan fingerprint density at radius 1 is 1.13 bits per heavy atom. The number of rotatable bonds is 4. The van der Waals surface area contributed by atoms with Crippen LogP contribution in [0.25, 0.3) is 22.2 Å². The van der Waals surface area contributed by atoms with Gasteiger partial charge in [-0.3, -0.25) is 4.90 Å². The van der Waals surface area contributed by atoms with Crippen LogP contribution < -0.4 is 0 Å². The van der Waals surface area contributed by atoms with Gasteiger partial charge >= 0.3 is 6.09 Å². The summed E-state index contributed by atoms with van der Waals surface area (Å²) < 4.78 is 11.5. The minimum atomic E-state index is -0.512. The second-order valence-corrected chi connectivity index (χ2v) is 12.7. The minimum absolute atomic E-state index is 0.0299. The summed E-state index contributed by atoms with van der Waals surface area (Å²) in [5.41, 5.74) is 8.03. The van der Waals surface area contributed by atoms with Gasteiger partial charge in [0.25, 0.3) is 0 Å². The first-order valence-electron chi connectivity index (χ1n) is 14.6. The fourth-order valence-electron chi connectivity index (χ4n) is 6.59. The number of aryl methyl sites for hydroxylation is 1. The molecular weight excluding hydrogens is 488 g/mol. The van der Waals surface area contributed by atoms with Crippen molar-refractivity contribution in [3.8, 4) is 11.1 Å². The molecule has 1 aromatic carbocycles. The number of hydrogen-bond donors (Lipinski definition) is 1. The third-order valence-corrected chi connectivity index (χ3v) is 8.62. The Morgan fingerprint density at radius 2 is 1.95 bits per heavy atom. The largest absolute Gasteiger partial charge is 0.444 e. The number of hydrogen-bond acceptors (Lipinski definition) is 5. The van der Waals surface area contributed by atoms with Crippen molar-refractivity contribution in [2.45, 2.75) is 78.0 Å². The van der Waals surface area contributed by atoms with Gasteiger partial charge in [0.15, 0.2) is 0 Å². The number of nitrogens with one attached hydrogen (secondary N) is 1. The first-order valence-corrected chi connectivity index (χ1v) is 14.6. The van der Waals surface area contributed by atoms with Crippen molar-refractivity contribution in [2.24, 2.45) is 5.92 Å². The molecule has 0 bridgehead atoms. The SMILES string of the molecule is Cc1c[nH]c2ncc(-c3cc4c(c(C5CCCN5C(=O)OC(C)(C)C)c3)CN(CC3CCOCC3)CC4)cc12. The molecule has 39 heavy (non-hydrogen) atoms. The summed E-state index contributed by atoms with van der Waals surface area (Å²) in [4.78, 5) is 25.9. The van der Waals surface area contributed by atoms with Crippen molar-refractivity contribution >= 4 is 17.1 Å². The standard InChI is InChI=1S/C32H42N4O3/c1-21-17-33-30-26(21)16-25(18-34-30)24-14-23-7-11-35(19-22-8-12-38-13-9-22)20-28(23)27(15-24)29-6-5-10-36(29)31(37)39-32(2,3)4/h14-18,22,29H,5-13,19-20H2,1-4H3,(H,33,34). The Labute approximate surface area is 231 Å². The number of aromatic nitrogens is 2. The van der Waals surface area contributed by atoms with Gasteiger partial charge in [0.05, 0.1) is 6.04 Å². The number of carbonyl (C=O) groups is 1. The number of amides is 1. The molecule has 3 aliphatic heterocycles. The topological polar surface area (TPSA) is 70.7 Å². The number of pyridine rings is 1. The molecule has 2 fully saturated rings. The number of ether oxygens (including phenoxy) is 2. The highest BCUT2D eigenvalue weighted by Gasteiger charge is 2.36. The van der Waals surface area contributed by atoms with E-state index >= 15 is 0 Å². The average Bonchev–Trinajstić information content (AvgIpc) is 3.55. The van der Waals surface area contributed by atoms with E-state index < -0.39 is 5.60 Å². The van der Waals surface area contributed by atoms with Gasteiger partial charge in [-0.05, 0) is 106 Å². The van der Waals surface area contributed by atoms with Gasteiger partial charge in [-0.25, -0.2) is 9.78 Å². The molecule has 1 N–H and O–H groups in total. The first-order chi connectivity index (χ1) is 18.7. The van der Waals surface area contributed by atoms with Crippen LogP contribution in [0.1, 0.15) is 74.8 Å². The van der Waals surface area contributed by atoms with E-state index in [0.717, 1.165) is 88.1 Å². The van der Waals surface area contributed by atoms with E-state index in [2.05, 4.69) is 35.0 Å². The van der Waals surface area contributed by atoms with Crippen LogP contribution in [0.5, 0.6) is 0 Å². The van der Waals surface area contributed by atoms with Gasteiger partial charge in [-0.2, -0.15) is 0 Å². The Balaban J connectivity index is 1.38. The zero-order valence-electron chi connectivity index (χ0n) is 23.9. The van der Waals surface area contributed by atoms with Crippen LogP contribution in [0.3, 0.4) is 0 Å². The van der Waals surface area contributed by atoms with E-state index in [4.69, 9.17) is 14.5 Å². The van der Waals surface area contributed by atoms with Crippen LogP contribution in [0.15, 0.2) is 30.6 Å². The van der Waals surface area contributed by atoms with Gasteiger partial charge in [-0.1, -0.05) is 6.07 Å². The van der Waals surface area contributed by atoms with Gasteiger partial charge in [0.1, 0.15) is 11.2 Å². The Morgan fingerprint density at radius 3 is 2.74 bits per heavy atom. The molecular formula is C32H42N4O3. The number of fused-ring (bicyclic) bond motifs is 2. The Kier molecular flexibility index (Phi) is 7.15. The maximum atomic E-state index is 13.3. The minimum Gasteiger partial charge on any atom is -0.444 e. The van der Waals surface area contributed by atoms with E-state index in [0.29, 0.717) is 5.92 Å². The summed E-state index contributed by atoms with van der Waals surface area (Å²) in [6, 6.07) is 7.00. The highest BCUT2D eigenvalue weighted by Crippen LogP contribution is 2.40. The Bertz CT molecular complexity index is 1350. The number of benzene rings is 1. The highest BCUT2D eigenvalue weighted by atomic mass is 16.6. The highest BCUT2D eigenvalue weighted by molar-refractivity contribution is 5.84. The number of aromatic amines is 1. The van der Waals surface area contributed by atoms with Gasteiger partial charge in [-0.15, -0.1) is 0 Å². The van der Waals surface area contributed by atoms with Gasteiger partial charge in [0, 0.05) is 62.7 Å². The van der Waals surface area contributed by atoms with Crippen LogP contribution >= 0.6 is 0 Å². The van der Waals surface area contributed by atoms with Crippen LogP contribution in [0.2, 0.25) is 0 Å². The molecule has 2 saturated heterocycles. The van der Waals surface area contributed by atoms with E-state index in [1.54, 1.807) is 0 Å². The number of nitrogens with zero attached hydrogens (tertiary/aromatic N) is 3. The Hall–Kier alpha value is -2.90. The summed E-state index contributed by atoms with van der Waals surface area (Å²) >= 11 is 0. The van der Waals surface area contributed by atoms with Crippen molar-refractivity contribution in [3.63, 3.8) is 0 Å². The molecule has 1 amide bonds. The zero-order valence-corrected chi connectivity index (χ0v) is 23.9. The maximum absolute atomic E-state index is 13.3. The molecule has 3 aliphatic rings. The lowest BCUT2D eigenvalue weighted by Gasteiger charge is -2.36. The molecule has 0 spiro atoms. The fourth-order valence-corrected chi connectivity index (χ4v) is 6.59. The second-order valence-electron chi connectivity index (χ2n) is 12.7. The summed E-state index contributed by atoms with van der Waals surface area (Å²) in [5.74, 6) is 0.704. The van der Waals surface area contributed by atoms with Crippen molar-refractivity contribution in [1.29, 1.82) is 0 Å². The zero-order chi connectivity index (χ0) is 27.1. The summed E-state index contributed by atoms with van der Waals surface area (Å²) in [5, 5.41) is 1.16. The van der Waals surface area contributed by atoms with Gasteiger partial charge in [0.2, 0.25) is 0 Å². The van der Waals surface area contributed by atoms with Crippen LogP contribution in [0.4, 0.5) is 4.79 Å². The summed E-state index contributed by atoms with van der Waals surface area (Å²) in [6.07, 6.45) is 9.07. The maximum Gasteiger partial charge on any atom is 0.410 e. The molecule has 5 heterocycles. The van der Waals surface area contributed by atoms with E-state index in [1.165, 1.54) is 27.8 Å². The first kappa shape index (κ1) is 26.3. The van der Waals surface area contributed by atoms with Crippen LogP contribution in [-0.2, 0) is 22.4 Å². The van der Waals surface area contributed by atoms with Crippen molar-refractivity contribution in [2.75, 3.05) is 32.8 Å². The summed E-state index contributed by atoms with van der Waals surface area (Å²) in [6.45, 7) is 13.6. The van der Waals surface area contributed by atoms with Crippen molar-refractivity contribution in [1.82, 2.24) is 19.8 Å². The number of likely N-dealkylation sites (tertiary alicyclic amines) is 1. The molecule has 0 radical (unpaired) electrons. The molecule has 2 aromatic heterocycles. The van der Waals surface area contributed by atoms with E-state index in [9.17, 15) is 4.79 Å². The van der Waals surface area contributed by atoms with Crippen LogP contribution in [0, 0.1) is 12.8 Å². The number of carbonyl (C=O) groups excluding carboxylic acids is 1. The van der Waals surface area contributed by atoms with Crippen molar-refractivity contribution in [3.05, 3.63) is 52.8 Å². The predicted molar refractivity (Wildman–Crippen MR) is 154 cm³/mol. The normalized spacial score (nSPS) is 20.9. The van der Waals surface area contributed by atoms with E-state index in [1.807, 2.05) is 38.1 Å². The smallest absolute Gasteiger partial charge is 0.410 e. The molecule has 0 aliphatic carbocycles. The third-order valence-electron chi connectivity index (χ3n) is 8.62. The second kappa shape index (κ2) is 10.6. The lowest BCUT2D eigenvalue weighted by atomic mass is 9.86. The molecule has 7 heteroatoms. The summed E-state index contributed by atoms with van der Waals surface area (Å²) in [7, 11) is 0. The fraction of sp³-hybridized carbons (Fsp3) is 0.562. The third kappa shape index (κ3) is 5.57. The predicted octanol–water partition coefficient (Wildman–Crippen LogP) is 6.40. The lowest BCUT2D eigenvalue weighted by molar-refractivity contribution is 0.0223. The monoisotopic (exact) mass is 530 g/mol. The molecule has 1 atom stereocenters. The van der Waals surface area contributed by atoms with Crippen LogP contribution in [-0.4, -0.2) is 64.3 Å². The molecule has 208 valence electrons. The molecule has 6 rings (SSSR count). The molecule has 1 unspecified atom stereocenters. The quantitative estimate of drug-likeness (QED) is 0.423. The lowest BCUT2D eigenvalue weighted by Crippen LogP contribution is -2.39. The number of H-pyrrole nitrogens is 1. The molecule has 0 saturated carbocycles. The van der Waals surface area contributed by atoms with E-state index in [-0.39, 0.29) is 12.1 Å². The average molecular weight is 531 g/mol. The van der Waals surface area contributed by atoms with Crippen molar-refractivity contribution < 1.29 is 14.3 Å². The molecule has 3 aromatic rings. The molecule has 7 nitrogen and oxygen atoms in total.